The molecule has 0 aromatic heterocycles. The fourth-order valence-electron chi connectivity index (χ4n) is 2.07. The van der Waals surface area contributed by atoms with Crippen LogP contribution in [0.4, 0.5) is 0 Å². The normalized spacial score (nSPS) is 45.8. The smallest absolute Gasteiger partial charge is 0.0551 e. The molecule has 2 fully saturated rings. The standard InChI is InChI=1S/C7H15N3O/c8-6-3-10(9)4-7(6)1-2-11-5-7/h6H,1-5,8-9H2. The first kappa shape index (κ1) is 7.49. The number of hydrogen-bond donors (Lipinski definition) is 2. The van der Waals surface area contributed by atoms with Crippen molar-refractivity contribution in [3.8, 4) is 0 Å². The van der Waals surface area contributed by atoms with Crippen molar-refractivity contribution in [1.29, 1.82) is 0 Å². The summed E-state index contributed by atoms with van der Waals surface area (Å²) in [5, 5.41) is 1.80. The lowest BCUT2D eigenvalue weighted by Gasteiger charge is -2.24. The van der Waals surface area contributed by atoms with E-state index >= 15 is 0 Å². The van der Waals surface area contributed by atoms with Gasteiger partial charge in [-0.05, 0) is 6.42 Å². The third-order valence-electron chi connectivity index (χ3n) is 2.87. The van der Waals surface area contributed by atoms with Crippen molar-refractivity contribution >= 4 is 0 Å². The number of ether oxygens (including phenoxy) is 1. The summed E-state index contributed by atoms with van der Waals surface area (Å²) in [4.78, 5) is 0. The zero-order chi connectivity index (χ0) is 7.90. The molecule has 0 aromatic carbocycles. The molecule has 0 aliphatic carbocycles. The van der Waals surface area contributed by atoms with Gasteiger partial charge in [0.05, 0.1) is 6.61 Å². The summed E-state index contributed by atoms with van der Waals surface area (Å²) in [6, 6.07) is 0.204. The van der Waals surface area contributed by atoms with Crippen molar-refractivity contribution in [1.82, 2.24) is 5.01 Å². The molecular formula is C7H15N3O. The molecule has 4 heteroatoms. The Morgan fingerprint density at radius 3 is 2.82 bits per heavy atom. The molecule has 2 aliphatic rings. The van der Waals surface area contributed by atoms with Crippen LogP contribution < -0.4 is 11.6 Å². The van der Waals surface area contributed by atoms with Crippen LogP contribution in [0, 0.1) is 5.41 Å². The number of rotatable bonds is 0. The SMILES string of the molecule is NC1CN(N)CC12CCOC2. The maximum atomic E-state index is 5.96. The Labute approximate surface area is 66.4 Å². The minimum Gasteiger partial charge on any atom is -0.381 e. The van der Waals surface area contributed by atoms with Crippen molar-refractivity contribution in [3.63, 3.8) is 0 Å². The fraction of sp³-hybridized carbons (Fsp3) is 1.00. The molecule has 4 N–H and O–H groups in total. The zero-order valence-electron chi connectivity index (χ0n) is 6.62. The average molecular weight is 157 g/mol. The van der Waals surface area contributed by atoms with Crippen molar-refractivity contribution < 1.29 is 4.74 Å². The quantitative estimate of drug-likeness (QED) is 0.438. The van der Waals surface area contributed by atoms with Gasteiger partial charge in [0, 0.05) is 31.2 Å². The zero-order valence-corrected chi connectivity index (χ0v) is 6.62. The van der Waals surface area contributed by atoms with Gasteiger partial charge in [-0.25, -0.2) is 5.01 Å². The molecule has 2 unspecified atom stereocenters. The second-order valence-electron chi connectivity index (χ2n) is 3.70. The number of hydrazine groups is 1. The lowest BCUT2D eigenvalue weighted by Crippen LogP contribution is -2.40. The summed E-state index contributed by atoms with van der Waals surface area (Å²) < 4.78 is 5.34. The summed E-state index contributed by atoms with van der Waals surface area (Å²) in [7, 11) is 0. The van der Waals surface area contributed by atoms with E-state index in [1.165, 1.54) is 0 Å². The van der Waals surface area contributed by atoms with Gasteiger partial charge in [0.2, 0.25) is 0 Å². The van der Waals surface area contributed by atoms with Crippen LogP contribution in [-0.4, -0.2) is 37.4 Å². The van der Waals surface area contributed by atoms with Crippen LogP contribution in [0.3, 0.4) is 0 Å². The van der Waals surface area contributed by atoms with Gasteiger partial charge in [-0.1, -0.05) is 0 Å². The average Bonchev–Trinajstić information content (AvgIpc) is 2.45. The molecule has 64 valence electrons. The molecule has 0 bridgehead atoms. The summed E-state index contributed by atoms with van der Waals surface area (Å²) in [5.41, 5.74) is 6.14. The minimum absolute atomic E-state index is 0.175. The molecular weight excluding hydrogens is 142 g/mol. The Morgan fingerprint density at radius 1 is 1.55 bits per heavy atom. The van der Waals surface area contributed by atoms with Gasteiger partial charge in [-0.2, -0.15) is 0 Å². The molecule has 2 aliphatic heterocycles. The Bertz CT molecular complexity index is 156. The molecule has 11 heavy (non-hydrogen) atoms. The van der Waals surface area contributed by atoms with Gasteiger partial charge in [-0.15, -0.1) is 0 Å². The van der Waals surface area contributed by atoms with Crippen LogP contribution in [0.25, 0.3) is 0 Å². The first-order valence-electron chi connectivity index (χ1n) is 4.06. The van der Waals surface area contributed by atoms with Gasteiger partial charge in [0.25, 0.3) is 0 Å². The summed E-state index contributed by atoms with van der Waals surface area (Å²) in [6.07, 6.45) is 1.07. The van der Waals surface area contributed by atoms with Crippen LogP contribution in [0.1, 0.15) is 6.42 Å². The van der Waals surface area contributed by atoms with Crippen LogP contribution in [0.2, 0.25) is 0 Å². The van der Waals surface area contributed by atoms with E-state index in [9.17, 15) is 0 Å². The number of hydrogen-bond acceptors (Lipinski definition) is 4. The second-order valence-corrected chi connectivity index (χ2v) is 3.70. The predicted molar refractivity (Wildman–Crippen MR) is 41.6 cm³/mol. The highest BCUT2D eigenvalue weighted by molar-refractivity contribution is 4.99. The van der Waals surface area contributed by atoms with Crippen molar-refractivity contribution in [2.24, 2.45) is 17.0 Å². The molecule has 2 saturated heterocycles. The molecule has 0 saturated carbocycles. The van der Waals surface area contributed by atoms with Crippen LogP contribution in [0.5, 0.6) is 0 Å². The second kappa shape index (κ2) is 2.42. The largest absolute Gasteiger partial charge is 0.381 e. The molecule has 2 rings (SSSR count). The van der Waals surface area contributed by atoms with E-state index < -0.39 is 0 Å². The highest BCUT2D eigenvalue weighted by Gasteiger charge is 2.46. The molecule has 2 heterocycles. The van der Waals surface area contributed by atoms with E-state index in [1.807, 2.05) is 0 Å². The third kappa shape index (κ3) is 1.06. The van der Waals surface area contributed by atoms with E-state index in [0.717, 1.165) is 32.7 Å². The maximum absolute atomic E-state index is 5.96. The summed E-state index contributed by atoms with van der Waals surface area (Å²) in [5.74, 6) is 5.68. The van der Waals surface area contributed by atoms with E-state index in [4.69, 9.17) is 16.3 Å². The molecule has 1 spiro atoms. The minimum atomic E-state index is 0.175. The summed E-state index contributed by atoms with van der Waals surface area (Å²) in [6.45, 7) is 3.35. The summed E-state index contributed by atoms with van der Waals surface area (Å²) >= 11 is 0. The molecule has 0 radical (unpaired) electrons. The Hall–Kier alpha value is -0.160. The van der Waals surface area contributed by atoms with Crippen LogP contribution >= 0.6 is 0 Å². The highest BCUT2D eigenvalue weighted by atomic mass is 16.5. The van der Waals surface area contributed by atoms with Gasteiger partial charge in [-0.3, -0.25) is 5.84 Å². The van der Waals surface area contributed by atoms with Gasteiger partial charge in [0.1, 0.15) is 0 Å². The first-order chi connectivity index (χ1) is 5.23. The van der Waals surface area contributed by atoms with Crippen LogP contribution in [-0.2, 0) is 4.74 Å². The van der Waals surface area contributed by atoms with Gasteiger partial charge >= 0.3 is 0 Å². The van der Waals surface area contributed by atoms with Crippen molar-refractivity contribution in [3.05, 3.63) is 0 Å². The Morgan fingerprint density at radius 2 is 2.36 bits per heavy atom. The Balaban J connectivity index is 2.12. The predicted octanol–water partition coefficient (Wildman–Crippen LogP) is -1.09. The molecule has 4 nitrogen and oxygen atoms in total. The van der Waals surface area contributed by atoms with Crippen molar-refractivity contribution in [2.75, 3.05) is 26.3 Å². The molecule has 2 atom stereocenters. The monoisotopic (exact) mass is 157 g/mol. The highest BCUT2D eigenvalue weighted by Crippen LogP contribution is 2.35. The van der Waals surface area contributed by atoms with Gasteiger partial charge in [0.15, 0.2) is 0 Å². The lowest BCUT2D eigenvalue weighted by molar-refractivity contribution is 0.146. The maximum Gasteiger partial charge on any atom is 0.0551 e. The number of nitrogens with zero attached hydrogens (tertiary/aromatic N) is 1. The lowest BCUT2D eigenvalue weighted by atomic mass is 9.83. The third-order valence-corrected chi connectivity index (χ3v) is 2.87. The fourth-order valence-corrected chi connectivity index (χ4v) is 2.07. The van der Waals surface area contributed by atoms with Crippen LogP contribution in [0.15, 0.2) is 0 Å². The topological polar surface area (TPSA) is 64.5 Å². The van der Waals surface area contributed by atoms with E-state index in [2.05, 4.69) is 0 Å². The van der Waals surface area contributed by atoms with E-state index in [-0.39, 0.29) is 11.5 Å². The van der Waals surface area contributed by atoms with Gasteiger partial charge < -0.3 is 10.5 Å². The molecule has 0 amide bonds. The molecule has 0 aromatic rings. The number of nitrogens with two attached hydrogens (primary N) is 2. The Kier molecular flexibility index (Phi) is 1.64. The first-order valence-corrected chi connectivity index (χ1v) is 4.06. The van der Waals surface area contributed by atoms with E-state index in [1.54, 1.807) is 5.01 Å². The van der Waals surface area contributed by atoms with E-state index in [0.29, 0.717) is 0 Å². The van der Waals surface area contributed by atoms with Crippen molar-refractivity contribution in [2.45, 2.75) is 12.5 Å².